The predicted molar refractivity (Wildman–Crippen MR) is 66.4 cm³/mol. The van der Waals surface area contributed by atoms with E-state index in [-0.39, 0.29) is 10.0 Å². The molecule has 0 aromatic heterocycles. The molecule has 2 nitrogen and oxygen atoms in total. The SMILES string of the molecule is CC(C)(C)NC(=O)c1c(Br)cccc1C(F)(F)F. The van der Waals surface area contributed by atoms with Crippen molar-refractivity contribution < 1.29 is 18.0 Å². The van der Waals surface area contributed by atoms with Gasteiger partial charge in [-0.25, -0.2) is 0 Å². The van der Waals surface area contributed by atoms with Crippen LogP contribution in [0.1, 0.15) is 36.7 Å². The minimum Gasteiger partial charge on any atom is -0.347 e. The topological polar surface area (TPSA) is 29.1 Å². The number of hydrogen-bond acceptors (Lipinski definition) is 1. The molecule has 0 aliphatic carbocycles. The van der Waals surface area contributed by atoms with Gasteiger partial charge in [-0.2, -0.15) is 13.2 Å². The lowest BCUT2D eigenvalue weighted by Crippen LogP contribution is -2.41. The summed E-state index contributed by atoms with van der Waals surface area (Å²) in [5.41, 5.74) is -1.94. The van der Waals surface area contributed by atoms with Crippen LogP contribution in [-0.4, -0.2) is 11.4 Å². The Balaban J connectivity index is 3.27. The second-order valence-corrected chi connectivity index (χ2v) is 5.72. The molecule has 1 aromatic rings. The van der Waals surface area contributed by atoms with Crippen molar-refractivity contribution in [3.63, 3.8) is 0 Å². The van der Waals surface area contributed by atoms with E-state index in [4.69, 9.17) is 0 Å². The fourth-order valence-electron chi connectivity index (χ4n) is 1.39. The number of hydrogen-bond donors (Lipinski definition) is 1. The lowest BCUT2D eigenvalue weighted by Gasteiger charge is -2.22. The van der Waals surface area contributed by atoms with Gasteiger partial charge in [-0.1, -0.05) is 6.07 Å². The van der Waals surface area contributed by atoms with Gasteiger partial charge in [-0.3, -0.25) is 4.79 Å². The summed E-state index contributed by atoms with van der Waals surface area (Å²) < 4.78 is 38.6. The molecule has 0 fully saturated rings. The summed E-state index contributed by atoms with van der Waals surface area (Å²) in [5.74, 6) is -0.748. The fourth-order valence-corrected chi connectivity index (χ4v) is 1.94. The van der Waals surface area contributed by atoms with E-state index in [2.05, 4.69) is 21.2 Å². The van der Waals surface area contributed by atoms with Crippen LogP contribution in [0.3, 0.4) is 0 Å². The van der Waals surface area contributed by atoms with Gasteiger partial charge < -0.3 is 5.32 Å². The van der Waals surface area contributed by atoms with Gasteiger partial charge in [0, 0.05) is 10.0 Å². The Morgan fingerprint density at radius 2 is 1.78 bits per heavy atom. The monoisotopic (exact) mass is 323 g/mol. The maximum absolute atomic E-state index is 12.8. The van der Waals surface area contributed by atoms with Crippen LogP contribution in [0.4, 0.5) is 13.2 Å². The molecule has 0 atom stereocenters. The molecule has 0 spiro atoms. The predicted octanol–water partition coefficient (Wildman–Crippen LogP) is 4.00. The quantitative estimate of drug-likeness (QED) is 0.831. The van der Waals surface area contributed by atoms with Crippen LogP contribution in [0.2, 0.25) is 0 Å². The Morgan fingerprint density at radius 3 is 2.22 bits per heavy atom. The van der Waals surface area contributed by atoms with E-state index in [0.29, 0.717) is 0 Å². The fraction of sp³-hybridized carbons (Fsp3) is 0.417. The van der Waals surface area contributed by atoms with Crippen LogP contribution < -0.4 is 5.32 Å². The van der Waals surface area contributed by atoms with E-state index in [1.807, 2.05) is 0 Å². The highest BCUT2D eigenvalue weighted by Gasteiger charge is 2.36. The third kappa shape index (κ3) is 3.73. The Labute approximate surface area is 112 Å². The van der Waals surface area contributed by atoms with E-state index in [0.717, 1.165) is 6.07 Å². The molecule has 1 rings (SSSR count). The molecule has 1 amide bonds. The molecule has 0 bridgehead atoms. The first-order valence-electron chi connectivity index (χ1n) is 5.20. The molecule has 1 aromatic carbocycles. The van der Waals surface area contributed by atoms with Crippen LogP contribution >= 0.6 is 15.9 Å². The van der Waals surface area contributed by atoms with Gasteiger partial charge in [-0.15, -0.1) is 0 Å². The summed E-state index contributed by atoms with van der Waals surface area (Å²) in [6.07, 6.45) is -4.56. The number of nitrogens with one attached hydrogen (secondary N) is 1. The Kier molecular flexibility index (Phi) is 4.10. The van der Waals surface area contributed by atoms with Crippen LogP contribution in [0.5, 0.6) is 0 Å². The van der Waals surface area contributed by atoms with Gasteiger partial charge in [0.05, 0.1) is 11.1 Å². The van der Waals surface area contributed by atoms with Crippen molar-refractivity contribution in [1.29, 1.82) is 0 Å². The molecule has 18 heavy (non-hydrogen) atoms. The second kappa shape index (κ2) is 4.91. The first kappa shape index (κ1) is 15.0. The highest BCUT2D eigenvalue weighted by atomic mass is 79.9. The van der Waals surface area contributed by atoms with Gasteiger partial charge >= 0.3 is 6.18 Å². The highest BCUT2D eigenvalue weighted by Crippen LogP contribution is 2.35. The standard InChI is InChI=1S/C12H13BrF3NO/c1-11(2,3)17-10(18)9-7(12(14,15)16)5-4-6-8(9)13/h4-6H,1-3H3,(H,17,18). The zero-order valence-corrected chi connectivity index (χ0v) is 11.7. The zero-order valence-electron chi connectivity index (χ0n) is 10.2. The molecule has 0 aliphatic rings. The van der Waals surface area contributed by atoms with Crippen LogP contribution in [0.15, 0.2) is 22.7 Å². The van der Waals surface area contributed by atoms with Crippen molar-refractivity contribution in [3.05, 3.63) is 33.8 Å². The number of benzene rings is 1. The van der Waals surface area contributed by atoms with Gasteiger partial charge in [-0.05, 0) is 48.8 Å². The molecule has 0 unspecified atom stereocenters. The number of alkyl halides is 3. The van der Waals surface area contributed by atoms with Crippen LogP contribution in [0.25, 0.3) is 0 Å². The number of amides is 1. The van der Waals surface area contributed by atoms with E-state index >= 15 is 0 Å². The summed E-state index contributed by atoms with van der Waals surface area (Å²) in [7, 11) is 0. The first-order valence-corrected chi connectivity index (χ1v) is 6.00. The molecule has 0 saturated heterocycles. The number of carbonyl (C=O) groups excluding carboxylic acids is 1. The van der Waals surface area contributed by atoms with Crippen molar-refractivity contribution in [3.8, 4) is 0 Å². The van der Waals surface area contributed by atoms with Crippen molar-refractivity contribution >= 4 is 21.8 Å². The molecule has 0 heterocycles. The summed E-state index contributed by atoms with van der Waals surface area (Å²) >= 11 is 2.99. The Bertz CT molecular complexity index is 463. The maximum Gasteiger partial charge on any atom is 0.417 e. The average Bonchev–Trinajstić information content (AvgIpc) is 2.12. The molecular formula is C12H13BrF3NO. The van der Waals surface area contributed by atoms with Crippen LogP contribution in [0, 0.1) is 0 Å². The third-order valence-electron chi connectivity index (χ3n) is 2.03. The molecule has 0 radical (unpaired) electrons. The summed E-state index contributed by atoms with van der Waals surface area (Å²) in [6.45, 7) is 5.11. The maximum atomic E-state index is 12.8. The number of carbonyl (C=O) groups is 1. The highest BCUT2D eigenvalue weighted by molar-refractivity contribution is 9.10. The second-order valence-electron chi connectivity index (χ2n) is 4.86. The van der Waals surface area contributed by atoms with Gasteiger partial charge in [0.15, 0.2) is 0 Å². The van der Waals surface area contributed by atoms with Gasteiger partial charge in [0.1, 0.15) is 0 Å². The molecule has 6 heteroatoms. The summed E-state index contributed by atoms with van der Waals surface area (Å²) in [6, 6.07) is 3.55. The average molecular weight is 324 g/mol. The number of halogens is 4. The minimum atomic E-state index is -4.56. The smallest absolute Gasteiger partial charge is 0.347 e. The largest absolute Gasteiger partial charge is 0.417 e. The summed E-state index contributed by atoms with van der Waals surface area (Å²) in [4.78, 5) is 11.9. The Hall–Kier alpha value is -1.04. The van der Waals surface area contributed by atoms with Crippen molar-refractivity contribution in [2.45, 2.75) is 32.5 Å². The van der Waals surface area contributed by atoms with E-state index in [1.165, 1.54) is 12.1 Å². The lowest BCUT2D eigenvalue weighted by atomic mass is 10.0. The van der Waals surface area contributed by atoms with Gasteiger partial charge in [0.2, 0.25) is 0 Å². The van der Waals surface area contributed by atoms with Crippen molar-refractivity contribution in [2.75, 3.05) is 0 Å². The minimum absolute atomic E-state index is 0.124. The zero-order chi connectivity index (χ0) is 14.1. The first-order chi connectivity index (χ1) is 8.02. The van der Waals surface area contributed by atoms with Crippen molar-refractivity contribution in [1.82, 2.24) is 5.32 Å². The third-order valence-corrected chi connectivity index (χ3v) is 2.70. The van der Waals surface area contributed by atoms with Crippen molar-refractivity contribution in [2.24, 2.45) is 0 Å². The molecule has 100 valence electrons. The van der Waals surface area contributed by atoms with E-state index in [9.17, 15) is 18.0 Å². The molecular weight excluding hydrogens is 311 g/mol. The van der Waals surface area contributed by atoms with Gasteiger partial charge in [0.25, 0.3) is 5.91 Å². The number of rotatable bonds is 1. The van der Waals surface area contributed by atoms with Crippen LogP contribution in [-0.2, 0) is 6.18 Å². The summed E-state index contributed by atoms with van der Waals surface area (Å²) in [5, 5.41) is 2.52. The molecule has 0 saturated carbocycles. The molecule has 1 N–H and O–H groups in total. The van der Waals surface area contributed by atoms with E-state index in [1.54, 1.807) is 20.8 Å². The van der Waals surface area contributed by atoms with E-state index < -0.39 is 23.2 Å². The molecule has 0 aliphatic heterocycles. The lowest BCUT2D eigenvalue weighted by molar-refractivity contribution is -0.138. The normalized spacial score (nSPS) is 12.4. The Morgan fingerprint density at radius 1 is 1.22 bits per heavy atom.